The van der Waals surface area contributed by atoms with Gasteiger partial charge in [-0.3, -0.25) is 0 Å². The summed E-state index contributed by atoms with van der Waals surface area (Å²) in [5.74, 6) is 0.353. The predicted octanol–water partition coefficient (Wildman–Crippen LogP) is 5.79. The molecule has 1 unspecified atom stereocenters. The molecule has 0 heterocycles. The van der Waals surface area contributed by atoms with Crippen LogP contribution >= 0.6 is 0 Å². The van der Waals surface area contributed by atoms with Gasteiger partial charge in [0.2, 0.25) is 0 Å². The van der Waals surface area contributed by atoms with Crippen LogP contribution in [0.15, 0.2) is 84.8 Å². The summed E-state index contributed by atoms with van der Waals surface area (Å²) >= 11 is 0. The van der Waals surface area contributed by atoms with Crippen molar-refractivity contribution in [3.8, 4) is 0 Å². The Morgan fingerprint density at radius 2 is 1.71 bits per heavy atom. The number of hydrogen-bond donors (Lipinski definition) is 0. The van der Waals surface area contributed by atoms with Crippen molar-refractivity contribution >= 4 is 0 Å². The molecular weight excluding hydrogens is 254 g/mol. The van der Waals surface area contributed by atoms with Gasteiger partial charge in [-0.2, -0.15) is 0 Å². The minimum Gasteiger partial charge on any atom is -0.345 e. The van der Waals surface area contributed by atoms with Crippen molar-refractivity contribution in [1.29, 1.82) is 0 Å². The zero-order valence-corrected chi connectivity index (χ0v) is 14.2. The highest BCUT2D eigenvalue weighted by Gasteiger charge is 2.10. The summed E-state index contributed by atoms with van der Waals surface area (Å²) in [6, 6.07) is 0. The van der Waals surface area contributed by atoms with E-state index < -0.39 is 0 Å². The van der Waals surface area contributed by atoms with Gasteiger partial charge in [0.25, 0.3) is 0 Å². The second kappa shape index (κ2) is 9.02. The van der Waals surface area contributed by atoms with Gasteiger partial charge in [-0.25, -0.2) is 0 Å². The Morgan fingerprint density at radius 1 is 1.14 bits per heavy atom. The van der Waals surface area contributed by atoms with Gasteiger partial charge in [0.1, 0.15) is 0 Å². The molecule has 0 aliphatic carbocycles. The minimum atomic E-state index is 0.353. The van der Waals surface area contributed by atoms with Gasteiger partial charge in [0.05, 0.1) is 0 Å². The largest absolute Gasteiger partial charge is 0.345 e. The standard InChI is InChI=1S/C20H29N/c1-10-12-20(16(5)6)18(8)21(9)19(11-2)14-13-17(7)15(3)4/h10-14,17H,1,3,5,8H2,2,4,6-7,9H3/b14-13-,19-11+,20-12+. The van der Waals surface area contributed by atoms with Crippen LogP contribution < -0.4 is 0 Å². The molecule has 114 valence electrons. The molecule has 21 heavy (non-hydrogen) atoms. The molecule has 0 aromatic rings. The molecule has 0 bridgehead atoms. The van der Waals surface area contributed by atoms with E-state index in [1.165, 1.54) is 0 Å². The molecule has 0 N–H and O–H groups in total. The molecule has 1 atom stereocenters. The van der Waals surface area contributed by atoms with E-state index in [1.807, 2.05) is 33.9 Å². The molecule has 0 saturated carbocycles. The van der Waals surface area contributed by atoms with Gasteiger partial charge in [-0.05, 0) is 43.9 Å². The normalized spacial score (nSPS) is 14.0. The maximum Gasteiger partial charge on any atom is 0.0411 e. The molecule has 1 heteroatoms. The first-order chi connectivity index (χ1) is 9.76. The summed E-state index contributed by atoms with van der Waals surface area (Å²) in [5.41, 5.74) is 5.12. The van der Waals surface area contributed by atoms with Gasteiger partial charge >= 0.3 is 0 Å². The summed E-state index contributed by atoms with van der Waals surface area (Å²) in [5, 5.41) is 0. The first-order valence-electron chi connectivity index (χ1n) is 7.17. The average molecular weight is 283 g/mol. The number of likely N-dealkylation sites (N-methyl/N-ethyl adjacent to an activating group) is 1. The van der Waals surface area contributed by atoms with Crippen LogP contribution in [-0.2, 0) is 0 Å². The lowest BCUT2D eigenvalue weighted by molar-refractivity contribution is 0.547. The Labute approximate surface area is 131 Å². The van der Waals surface area contributed by atoms with E-state index >= 15 is 0 Å². The van der Waals surface area contributed by atoms with Crippen LogP contribution in [0.3, 0.4) is 0 Å². The molecule has 0 radical (unpaired) electrons. The summed E-state index contributed by atoms with van der Waals surface area (Å²) in [6.45, 7) is 24.1. The van der Waals surface area contributed by atoms with Gasteiger partial charge in [0.15, 0.2) is 0 Å². The highest BCUT2D eigenvalue weighted by molar-refractivity contribution is 5.46. The number of hydrogen-bond acceptors (Lipinski definition) is 1. The van der Waals surface area contributed by atoms with E-state index in [-0.39, 0.29) is 0 Å². The molecule has 0 aromatic carbocycles. The Balaban J connectivity index is 5.28. The Kier molecular flexibility index (Phi) is 8.15. The number of allylic oxidation sites excluding steroid dienone is 7. The second-order valence-electron chi connectivity index (χ2n) is 5.31. The molecule has 0 aliphatic heterocycles. The van der Waals surface area contributed by atoms with Crippen LogP contribution in [0.4, 0.5) is 0 Å². The zero-order chi connectivity index (χ0) is 16.6. The van der Waals surface area contributed by atoms with Gasteiger partial charge < -0.3 is 4.90 Å². The quantitative estimate of drug-likeness (QED) is 0.402. The lowest BCUT2D eigenvalue weighted by Crippen LogP contribution is -2.17. The van der Waals surface area contributed by atoms with Crippen molar-refractivity contribution in [2.75, 3.05) is 7.05 Å². The fourth-order valence-corrected chi connectivity index (χ4v) is 1.75. The first-order valence-corrected chi connectivity index (χ1v) is 7.17. The predicted molar refractivity (Wildman–Crippen MR) is 96.9 cm³/mol. The summed E-state index contributed by atoms with van der Waals surface area (Å²) in [7, 11) is 2.01. The molecule has 0 amide bonds. The lowest BCUT2D eigenvalue weighted by Gasteiger charge is -2.25. The molecule has 0 spiro atoms. The molecule has 0 saturated heterocycles. The fraction of sp³-hybridized carbons (Fsp3) is 0.300. The molecule has 1 nitrogen and oxygen atoms in total. The Morgan fingerprint density at radius 3 is 2.10 bits per heavy atom. The van der Waals surface area contributed by atoms with E-state index in [4.69, 9.17) is 0 Å². The maximum absolute atomic E-state index is 4.18. The van der Waals surface area contributed by atoms with Gasteiger partial charge in [-0.1, -0.05) is 63.1 Å². The molecular formula is C20H29N. The Bertz CT molecular complexity index is 512. The summed E-state index contributed by atoms with van der Waals surface area (Å²) in [6.07, 6.45) is 10.0. The van der Waals surface area contributed by atoms with Crippen LogP contribution in [-0.4, -0.2) is 11.9 Å². The van der Waals surface area contributed by atoms with Crippen LogP contribution in [0.2, 0.25) is 0 Å². The summed E-state index contributed by atoms with van der Waals surface area (Å²) < 4.78 is 0. The smallest absolute Gasteiger partial charge is 0.0411 e. The highest BCUT2D eigenvalue weighted by Crippen LogP contribution is 2.23. The third-order valence-corrected chi connectivity index (χ3v) is 3.48. The number of nitrogens with zero attached hydrogens (tertiary/aromatic N) is 1. The first kappa shape index (κ1) is 19.0. The second-order valence-corrected chi connectivity index (χ2v) is 5.31. The van der Waals surface area contributed by atoms with E-state index in [0.717, 1.165) is 28.1 Å². The van der Waals surface area contributed by atoms with Crippen LogP contribution in [0, 0.1) is 5.92 Å². The van der Waals surface area contributed by atoms with Crippen LogP contribution in [0.25, 0.3) is 0 Å². The van der Waals surface area contributed by atoms with E-state index in [9.17, 15) is 0 Å². The molecule has 0 fully saturated rings. The SMILES string of the molecule is C=C/C=C(\C(=C)C)C(=C)N(C)C(/C=C\C(C)C(=C)C)=C/C. The molecule has 0 aliphatic rings. The fourth-order valence-electron chi connectivity index (χ4n) is 1.75. The number of rotatable bonds is 8. The van der Waals surface area contributed by atoms with Gasteiger partial charge in [-0.15, -0.1) is 0 Å². The van der Waals surface area contributed by atoms with E-state index in [0.29, 0.717) is 5.92 Å². The van der Waals surface area contributed by atoms with Crippen molar-refractivity contribution in [2.24, 2.45) is 5.92 Å². The maximum atomic E-state index is 4.18. The highest BCUT2D eigenvalue weighted by atomic mass is 15.1. The van der Waals surface area contributed by atoms with Crippen molar-refractivity contribution in [3.05, 3.63) is 84.8 Å². The van der Waals surface area contributed by atoms with Gasteiger partial charge in [0, 0.05) is 18.4 Å². The topological polar surface area (TPSA) is 3.24 Å². The Hall–Kier alpha value is -2.02. The van der Waals surface area contributed by atoms with Crippen molar-refractivity contribution in [3.63, 3.8) is 0 Å². The zero-order valence-electron chi connectivity index (χ0n) is 14.2. The molecule has 0 aromatic heterocycles. The van der Waals surface area contributed by atoms with Crippen molar-refractivity contribution < 1.29 is 0 Å². The minimum absolute atomic E-state index is 0.353. The van der Waals surface area contributed by atoms with E-state index in [1.54, 1.807) is 6.08 Å². The summed E-state index contributed by atoms with van der Waals surface area (Å²) in [4.78, 5) is 2.06. The van der Waals surface area contributed by atoms with Crippen LogP contribution in [0.5, 0.6) is 0 Å². The molecule has 0 rings (SSSR count). The van der Waals surface area contributed by atoms with Crippen molar-refractivity contribution in [2.45, 2.75) is 27.7 Å². The monoisotopic (exact) mass is 283 g/mol. The lowest BCUT2D eigenvalue weighted by atomic mass is 10.0. The third-order valence-electron chi connectivity index (χ3n) is 3.48. The van der Waals surface area contributed by atoms with E-state index in [2.05, 4.69) is 56.4 Å². The third kappa shape index (κ3) is 5.86. The van der Waals surface area contributed by atoms with Crippen molar-refractivity contribution in [1.82, 2.24) is 4.90 Å². The average Bonchev–Trinajstić information content (AvgIpc) is 2.43. The van der Waals surface area contributed by atoms with Crippen LogP contribution in [0.1, 0.15) is 27.7 Å².